The highest BCUT2D eigenvalue weighted by Gasteiger charge is 2.10. The lowest BCUT2D eigenvalue weighted by molar-refractivity contribution is 0.167. The molecule has 1 rings (SSSR count). The van der Waals surface area contributed by atoms with Gasteiger partial charge in [0.05, 0.1) is 12.6 Å². The van der Waals surface area contributed by atoms with Crippen LogP contribution in [-0.4, -0.2) is 26.0 Å². The van der Waals surface area contributed by atoms with Gasteiger partial charge in [0, 0.05) is 5.92 Å². The molecule has 74 valence electrons. The van der Waals surface area contributed by atoms with Gasteiger partial charge in [-0.25, -0.2) is 9.67 Å². The summed E-state index contributed by atoms with van der Waals surface area (Å²) in [5, 5.41) is 13.5. The van der Waals surface area contributed by atoms with Crippen molar-refractivity contribution < 1.29 is 5.11 Å². The molecule has 4 heteroatoms. The Hall–Kier alpha value is -0.900. The van der Waals surface area contributed by atoms with Crippen molar-refractivity contribution in [3.05, 3.63) is 11.6 Å². The molecule has 0 aliphatic carbocycles. The van der Waals surface area contributed by atoms with E-state index in [0.29, 0.717) is 12.5 Å². The number of aliphatic hydroxyl groups excluding tert-OH is 1. The summed E-state index contributed by atoms with van der Waals surface area (Å²) in [6.45, 7) is 8.28. The zero-order chi connectivity index (χ0) is 10.0. The van der Waals surface area contributed by atoms with E-state index in [9.17, 15) is 5.11 Å². The Kier molecular flexibility index (Phi) is 3.03. The van der Waals surface area contributed by atoms with Crippen LogP contribution in [0.5, 0.6) is 0 Å². The summed E-state index contributed by atoms with van der Waals surface area (Å²) in [6, 6.07) is 0. The zero-order valence-electron chi connectivity index (χ0n) is 8.65. The van der Waals surface area contributed by atoms with Crippen molar-refractivity contribution >= 4 is 0 Å². The minimum Gasteiger partial charge on any atom is -0.391 e. The van der Waals surface area contributed by atoms with Gasteiger partial charge in [0.25, 0.3) is 0 Å². The zero-order valence-corrected chi connectivity index (χ0v) is 8.65. The molecule has 0 aliphatic heterocycles. The van der Waals surface area contributed by atoms with Crippen molar-refractivity contribution in [2.24, 2.45) is 0 Å². The second-order valence-electron chi connectivity index (χ2n) is 3.70. The topological polar surface area (TPSA) is 50.9 Å². The molecular formula is C9H17N3O. The quantitative estimate of drug-likeness (QED) is 0.763. The summed E-state index contributed by atoms with van der Waals surface area (Å²) >= 11 is 0. The first-order valence-corrected chi connectivity index (χ1v) is 4.60. The van der Waals surface area contributed by atoms with Gasteiger partial charge in [0.2, 0.25) is 0 Å². The highest BCUT2D eigenvalue weighted by Crippen LogP contribution is 2.09. The second kappa shape index (κ2) is 3.87. The van der Waals surface area contributed by atoms with Crippen molar-refractivity contribution in [1.29, 1.82) is 0 Å². The largest absolute Gasteiger partial charge is 0.391 e. The fourth-order valence-electron chi connectivity index (χ4n) is 1.11. The lowest BCUT2D eigenvalue weighted by Crippen LogP contribution is -2.14. The Morgan fingerprint density at radius 2 is 2.00 bits per heavy atom. The molecule has 0 radical (unpaired) electrons. The van der Waals surface area contributed by atoms with E-state index in [0.717, 1.165) is 11.6 Å². The molecule has 0 aliphatic rings. The van der Waals surface area contributed by atoms with E-state index >= 15 is 0 Å². The molecule has 0 bridgehead atoms. The maximum Gasteiger partial charge on any atom is 0.153 e. The molecule has 13 heavy (non-hydrogen) atoms. The van der Waals surface area contributed by atoms with Gasteiger partial charge in [-0.2, -0.15) is 5.10 Å². The Bertz CT molecular complexity index is 278. The van der Waals surface area contributed by atoms with Gasteiger partial charge in [-0.1, -0.05) is 13.8 Å². The van der Waals surface area contributed by atoms with Crippen LogP contribution in [-0.2, 0) is 6.54 Å². The van der Waals surface area contributed by atoms with Crippen molar-refractivity contribution in [3.63, 3.8) is 0 Å². The Morgan fingerprint density at radius 1 is 1.38 bits per heavy atom. The lowest BCUT2D eigenvalue weighted by atomic mass is 10.2. The van der Waals surface area contributed by atoms with E-state index in [-0.39, 0.29) is 6.10 Å². The second-order valence-corrected chi connectivity index (χ2v) is 3.70. The van der Waals surface area contributed by atoms with Crippen LogP contribution in [0.15, 0.2) is 0 Å². The molecule has 1 N–H and O–H groups in total. The number of aromatic nitrogens is 3. The molecule has 1 unspecified atom stereocenters. The third-order valence-electron chi connectivity index (χ3n) is 1.83. The van der Waals surface area contributed by atoms with Crippen LogP contribution in [0, 0.1) is 6.92 Å². The fraction of sp³-hybridized carbons (Fsp3) is 0.778. The molecule has 0 saturated heterocycles. The summed E-state index contributed by atoms with van der Waals surface area (Å²) in [5.74, 6) is 2.05. The third kappa shape index (κ3) is 2.52. The molecule has 4 nitrogen and oxygen atoms in total. The predicted molar refractivity (Wildman–Crippen MR) is 50.5 cm³/mol. The van der Waals surface area contributed by atoms with Crippen LogP contribution in [0.4, 0.5) is 0 Å². The molecule has 0 spiro atoms. The van der Waals surface area contributed by atoms with E-state index in [2.05, 4.69) is 23.9 Å². The summed E-state index contributed by atoms with van der Waals surface area (Å²) in [5.41, 5.74) is 0. The van der Waals surface area contributed by atoms with Crippen LogP contribution in [0.2, 0.25) is 0 Å². The minimum absolute atomic E-state index is 0.342. The lowest BCUT2D eigenvalue weighted by Gasteiger charge is -2.04. The minimum atomic E-state index is -0.375. The molecule has 0 fully saturated rings. The number of aliphatic hydroxyl groups is 1. The van der Waals surface area contributed by atoms with E-state index in [1.165, 1.54) is 0 Å². The highest BCUT2D eigenvalue weighted by atomic mass is 16.3. The van der Waals surface area contributed by atoms with Crippen LogP contribution >= 0.6 is 0 Å². The molecule has 0 aromatic carbocycles. The Morgan fingerprint density at radius 3 is 2.38 bits per heavy atom. The van der Waals surface area contributed by atoms with E-state index in [1.807, 2.05) is 6.92 Å². The number of nitrogens with zero attached hydrogens (tertiary/aromatic N) is 3. The van der Waals surface area contributed by atoms with Gasteiger partial charge >= 0.3 is 0 Å². The highest BCUT2D eigenvalue weighted by molar-refractivity contribution is 4.95. The Labute approximate surface area is 78.6 Å². The fourth-order valence-corrected chi connectivity index (χ4v) is 1.11. The van der Waals surface area contributed by atoms with Gasteiger partial charge in [-0.05, 0) is 13.8 Å². The van der Waals surface area contributed by atoms with E-state index < -0.39 is 0 Å². The summed E-state index contributed by atoms with van der Waals surface area (Å²) in [4.78, 5) is 4.30. The summed E-state index contributed by atoms with van der Waals surface area (Å²) in [7, 11) is 0. The maximum absolute atomic E-state index is 9.19. The first-order valence-electron chi connectivity index (χ1n) is 4.60. The monoisotopic (exact) mass is 183 g/mol. The third-order valence-corrected chi connectivity index (χ3v) is 1.83. The van der Waals surface area contributed by atoms with Gasteiger partial charge in [-0.3, -0.25) is 0 Å². The first-order chi connectivity index (χ1) is 6.00. The van der Waals surface area contributed by atoms with Gasteiger partial charge in [0.15, 0.2) is 5.82 Å². The van der Waals surface area contributed by atoms with Crippen LogP contribution in [0.25, 0.3) is 0 Å². The first kappa shape index (κ1) is 10.2. The molecule has 1 heterocycles. The summed E-state index contributed by atoms with van der Waals surface area (Å²) in [6.07, 6.45) is -0.375. The average molecular weight is 183 g/mol. The van der Waals surface area contributed by atoms with Crippen molar-refractivity contribution in [1.82, 2.24) is 14.8 Å². The molecule has 1 aromatic rings. The number of hydrogen-bond donors (Lipinski definition) is 1. The Balaban J connectivity index is 2.83. The van der Waals surface area contributed by atoms with Crippen molar-refractivity contribution in [2.75, 3.05) is 0 Å². The van der Waals surface area contributed by atoms with Crippen molar-refractivity contribution in [3.8, 4) is 0 Å². The van der Waals surface area contributed by atoms with Crippen LogP contribution in [0.3, 0.4) is 0 Å². The average Bonchev–Trinajstić information content (AvgIpc) is 2.31. The van der Waals surface area contributed by atoms with Crippen LogP contribution in [0.1, 0.15) is 38.3 Å². The number of hydrogen-bond acceptors (Lipinski definition) is 3. The van der Waals surface area contributed by atoms with Gasteiger partial charge < -0.3 is 5.11 Å². The van der Waals surface area contributed by atoms with Crippen LogP contribution < -0.4 is 0 Å². The standard InChI is InChI=1S/C9H17N3O/c1-6(2)9-10-8(4)12(11-9)5-7(3)13/h6-7,13H,5H2,1-4H3. The molecule has 1 aromatic heterocycles. The maximum atomic E-state index is 9.19. The normalized spacial score (nSPS) is 13.7. The molecular weight excluding hydrogens is 166 g/mol. The summed E-state index contributed by atoms with van der Waals surface area (Å²) < 4.78 is 1.75. The molecule has 1 atom stereocenters. The smallest absolute Gasteiger partial charge is 0.153 e. The van der Waals surface area contributed by atoms with Crippen molar-refractivity contribution in [2.45, 2.75) is 46.3 Å². The number of rotatable bonds is 3. The number of aryl methyl sites for hydroxylation is 1. The van der Waals surface area contributed by atoms with Gasteiger partial charge in [-0.15, -0.1) is 0 Å². The van der Waals surface area contributed by atoms with E-state index in [1.54, 1.807) is 11.6 Å². The van der Waals surface area contributed by atoms with Gasteiger partial charge in [0.1, 0.15) is 5.82 Å². The predicted octanol–water partition coefficient (Wildman–Crippen LogP) is 1.09. The SMILES string of the molecule is Cc1nc(C(C)C)nn1CC(C)O. The molecule has 0 saturated carbocycles. The molecule has 0 amide bonds. The van der Waals surface area contributed by atoms with E-state index in [4.69, 9.17) is 0 Å².